The number of carbonyl (C=O) groups is 1. The van der Waals surface area contributed by atoms with E-state index in [0.29, 0.717) is 11.3 Å². The normalized spacial score (nSPS) is 10.3. The van der Waals surface area contributed by atoms with Crippen molar-refractivity contribution in [3.63, 3.8) is 0 Å². The molecule has 1 heterocycles. The first-order valence-corrected chi connectivity index (χ1v) is 6.06. The number of hydrogen-bond acceptors (Lipinski definition) is 5. The molecule has 1 aromatic heterocycles. The molecule has 0 unspecified atom stereocenters. The fourth-order valence-corrected chi connectivity index (χ4v) is 2.38. The van der Waals surface area contributed by atoms with Gasteiger partial charge in [-0.25, -0.2) is 4.79 Å². The van der Waals surface area contributed by atoms with Gasteiger partial charge in [-0.2, -0.15) is 5.10 Å². The van der Waals surface area contributed by atoms with Gasteiger partial charge in [-0.1, -0.05) is 11.8 Å². The molecule has 0 saturated heterocycles. The minimum absolute atomic E-state index is 0.372. The zero-order valence-electron chi connectivity index (χ0n) is 10.1. The summed E-state index contributed by atoms with van der Waals surface area (Å²) >= 11 is 1.46. The van der Waals surface area contributed by atoms with E-state index in [1.807, 2.05) is 13.2 Å². The second-order valence-corrected chi connectivity index (χ2v) is 4.81. The van der Waals surface area contributed by atoms with Gasteiger partial charge in [0.2, 0.25) is 0 Å². The standard InChI is InChI=1S/C12H13N3O2S/c1-15-7-9(6-14-15)18-11-5-8(12(16)17-2)3-4-10(11)13/h3-7H,13H2,1-2H3. The van der Waals surface area contributed by atoms with Crippen LogP contribution in [0.25, 0.3) is 0 Å². The Hall–Kier alpha value is -1.95. The van der Waals surface area contributed by atoms with Crippen LogP contribution in [0.2, 0.25) is 0 Å². The van der Waals surface area contributed by atoms with E-state index in [0.717, 1.165) is 9.79 Å². The SMILES string of the molecule is COC(=O)c1ccc(N)c(Sc2cnn(C)c2)c1. The third-order valence-electron chi connectivity index (χ3n) is 2.34. The molecule has 94 valence electrons. The van der Waals surface area contributed by atoms with E-state index in [9.17, 15) is 4.79 Å². The fraction of sp³-hybridized carbons (Fsp3) is 0.167. The molecule has 2 aromatic rings. The number of anilines is 1. The Balaban J connectivity index is 2.29. The van der Waals surface area contributed by atoms with E-state index in [1.54, 1.807) is 29.1 Å². The third-order valence-corrected chi connectivity index (χ3v) is 3.36. The van der Waals surface area contributed by atoms with Crippen LogP contribution >= 0.6 is 11.8 Å². The Morgan fingerprint density at radius 3 is 2.89 bits per heavy atom. The van der Waals surface area contributed by atoms with Gasteiger partial charge in [0.05, 0.1) is 23.8 Å². The first-order valence-electron chi connectivity index (χ1n) is 5.24. The van der Waals surface area contributed by atoms with E-state index in [4.69, 9.17) is 5.73 Å². The van der Waals surface area contributed by atoms with Gasteiger partial charge in [0.25, 0.3) is 0 Å². The van der Waals surface area contributed by atoms with Crippen LogP contribution in [0.1, 0.15) is 10.4 Å². The van der Waals surface area contributed by atoms with Crippen LogP contribution in [-0.4, -0.2) is 22.9 Å². The molecular formula is C12H13N3O2S. The number of carbonyl (C=O) groups excluding carboxylic acids is 1. The van der Waals surface area contributed by atoms with Crippen LogP contribution in [0.4, 0.5) is 5.69 Å². The zero-order valence-corrected chi connectivity index (χ0v) is 10.9. The molecule has 6 heteroatoms. The Morgan fingerprint density at radius 2 is 2.28 bits per heavy atom. The highest BCUT2D eigenvalue weighted by atomic mass is 32.2. The van der Waals surface area contributed by atoms with Gasteiger partial charge >= 0.3 is 5.97 Å². The van der Waals surface area contributed by atoms with Crippen molar-refractivity contribution in [2.24, 2.45) is 7.05 Å². The van der Waals surface area contributed by atoms with Crippen LogP contribution in [0, 0.1) is 0 Å². The van der Waals surface area contributed by atoms with Gasteiger partial charge in [0.15, 0.2) is 0 Å². The largest absolute Gasteiger partial charge is 0.465 e. The van der Waals surface area contributed by atoms with Crippen LogP contribution in [0.5, 0.6) is 0 Å². The van der Waals surface area contributed by atoms with E-state index >= 15 is 0 Å². The highest BCUT2D eigenvalue weighted by molar-refractivity contribution is 7.99. The number of rotatable bonds is 3. The van der Waals surface area contributed by atoms with Crippen molar-refractivity contribution in [3.05, 3.63) is 36.2 Å². The van der Waals surface area contributed by atoms with Gasteiger partial charge in [0.1, 0.15) is 0 Å². The molecule has 0 aliphatic carbocycles. The quantitative estimate of drug-likeness (QED) is 0.677. The van der Waals surface area contributed by atoms with Crippen LogP contribution in [-0.2, 0) is 11.8 Å². The molecule has 18 heavy (non-hydrogen) atoms. The molecular weight excluding hydrogens is 250 g/mol. The van der Waals surface area contributed by atoms with Crippen molar-refractivity contribution in [1.29, 1.82) is 0 Å². The Kier molecular flexibility index (Phi) is 3.57. The number of aromatic nitrogens is 2. The maximum Gasteiger partial charge on any atom is 0.337 e. The molecule has 0 aliphatic heterocycles. The summed E-state index contributed by atoms with van der Waals surface area (Å²) in [4.78, 5) is 13.2. The summed E-state index contributed by atoms with van der Waals surface area (Å²) in [5, 5.41) is 4.08. The molecule has 5 nitrogen and oxygen atoms in total. The van der Waals surface area contributed by atoms with Gasteiger partial charge in [-0.05, 0) is 18.2 Å². The summed E-state index contributed by atoms with van der Waals surface area (Å²) in [6.07, 6.45) is 3.63. The molecule has 2 N–H and O–H groups in total. The maximum absolute atomic E-state index is 11.4. The van der Waals surface area contributed by atoms with Crippen LogP contribution in [0.15, 0.2) is 40.4 Å². The van der Waals surface area contributed by atoms with Crippen molar-refractivity contribution in [1.82, 2.24) is 9.78 Å². The number of ether oxygens (including phenoxy) is 1. The monoisotopic (exact) mass is 263 g/mol. The van der Waals surface area contributed by atoms with E-state index in [2.05, 4.69) is 9.84 Å². The number of aryl methyl sites for hydroxylation is 1. The summed E-state index contributed by atoms with van der Waals surface area (Å²) in [5.41, 5.74) is 6.99. The summed E-state index contributed by atoms with van der Waals surface area (Å²) in [7, 11) is 3.20. The fourth-order valence-electron chi connectivity index (χ4n) is 1.45. The van der Waals surface area contributed by atoms with Gasteiger partial charge in [0, 0.05) is 23.8 Å². The Bertz CT molecular complexity index is 580. The highest BCUT2D eigenvalue weighted by Crippen LogP contribution is 2.32. The third kappa shape index (κ3) is 2.65. The minimum Gasteiger partial charge on any atom is -0.465 e. The lowest BCUT2D eigenvalue weighted by Crippen LogP contribution is -2.02. The van der Waals surface area contributed by atoms with Crippen molar-refractivity contribution in [2.75, 3.05) is 12.8 Å². The number of methoxy groups -OCH3 is 1. The summed E-state index contributed by atoms with van der Waals surface area (Å²) in [5.74, 6) is -0.372. The lowest BCUT2D eigenvalue weighted by atomic mass is 10.2. The topological polar surface area (TPSA) is 70.1 Å². The smallest absolute Gasteiger partial charge is 0.337 e. The van der Waals surface area contributed by atoms with Gasteiger partial charge < -0.3 is 10.5 Å². The molecule has 1 aromatic carbocycles. The van der Waals surface area contributed by atoms with Gasteiger partial charge in [-0.15, -0.1) is 0 Å². The molecule has 0 fully saturated rings. The highest BCUT2D eigenvalue weighted by Gasteiger charge is 2.10. The molecule has 0 bridgehead atoms. The molecule has 0 aliphatic rings. The average Bonchev–Trinajstić information content (AvgIpc) is 2.76. The van der Waals surface area contributed by atoms with Crippen molar-refractivity contribution in [3.8, 4) is 0 Å². The van der Waals surface area contributed by atoms with Gasteiger partial charge in [-0.3, -0.25) is 4.68 Å². The summed E-state index contributed by atoms with van der Waals surface area (Å²) < 4.78 is 6.39. The first kappa shape index (κ1) is 12.5. The van der Waals surface area contributed by atoms with Crippen LogP contribution < -0.4 is 5.73 Å². The lowest BCUT2D eigenvalue weighted by molar-refractivity contribution is 0.0600. The Labute approximate surface area is 109 Å². The lowest BCUT2D eigenvalue weighted by Gasteiger charge is -2.06. The number of esters is 1. The molecule has 0 saturated carbocycles. The number of nitrogens with two attached hydrogens (primary N) is 1. The zero-order chi connectivity index (χ0) is 13.1. The van der Waals surface area contributed by atoms with Crippen molar-refractivity contribution >= 4 is 23.4 Å². The molecule has 0 amide bonds. The number of nitrogens with zero attached hydrogens (tertiary/aromatic N) is 2. The molecule has 2 rings (SSSR count). The maximum atomic E-state index is 11.4. The predicted molar refractivity (Wildman–Crippen MR) is 69.5 cm³/mol. The van der Waals surface area contributed by atoms with Crippen molar-refractivity contribution < 1.29 is 9.53 Å². The summed E-state index contributed by atoms with van der Waals surface area (Å²) in [6.45, 7) is 0. The first-order chi connectivity index (χ1) is 8.60. The summed E-state index contributed by atoms with van der Waals surface area (Å²) in [6, 6.07) is 5.07. The second kappa shape index (κ2) is 5.14. The number of hydrogen-bond donors (Lipinski definition) is 1. The minimum atomic E-state index is -0.372. The van der Waals surface area contributed by atoms with E-state index in [1.165, 1.54) is 18.9 Å². The number of benzene rings is 1. The molecule has 0 radical (unpaired) electrons. The van der Waals surface area contributed by atoms with Crippen molar-refractivity contribution in [2.45, 2.75) is 9.79 Å². The molecule has 0 spiro atoms. The van der Waals surface area contributed by atoms with E-state index in [-0.39, 0.29) is 5.97 Å². The van der Waals surface area contributed by atoms with E-state index < -0.39 is 0 Å². The second-order valence-electron chi connectivity index (χ2n) is 3.70. The Morgan fingerprint density at radius 1 is 1.50 bits per heavy atom. The van der Waals surface area contributed by atoms with Crippen LogP contribution in [0.3, 0.4) is 0 Å². The predicted octanol–water partition coefficient (Wildman–Crippen LogP) is 1.94. The molecule has 0 atom stereocenters. The number of nitrogen functional groups attached to an aromatic ring is 1. The average molecular weight is 263 g/mol.